The number of rotatable bonds is 9. The van der Waals surface area contributed by atoms with E-state index in [1.54, 1.807) is 7.11 Å². The van der Waals surface area contributed by atoms with E-state index in [0.29, 0.717) is 18.1 Å². The molecule has 2 aromatic heterocycles. The van der Waals surface area contributed by atoms with Crippen LogP contribution in [0.25, 0.3) is 33.6 Å². The minimum absolute atomic E-state index is 0.115. The van der Waals surface area contributed by atoms with Crippen LogP contribution in [0.1, 0.15) is 12.5 Å². The van der Waals surface area contributed by atoms with E-state index in [0.717, 1.165) is 40.1 Å². The van der Waals surface area contributed by atoms with Gasteiger partial charge in [-0.05, 0) is 30.2 Å². The number of hydrogen-bond acceptors (Lipinski definition) is 6. The molecule has 35 heavy (non-hydrogen) atoms. The maximum absolute atomic E-state index is 6.32. The standard InChI is InChI=1S/C29H27N3O3/c1-20(17-30-18-21-9-5-3-6-10-21)34-28-26-25(22-13-15-24(33-2)16-14-22)27(23-11-7-4-8-12-23)35-29(26)32-19-31-28/h3-16,19-20,30H,17-18H2,1-2H3. The summed E-state index contributed by atoms with van der Waals surface area (Å²) < 4.78 is 18.0. The van der Waals surface area contributed by atoms with Crippen LogP contribution in [0, 0.1) is 0 Å². The van der Waals surface area contributed by atoms with Crippen molar-refractivity contribution in [3.63, 3.8) is 0 Å². The van der Waals surface area contributed by atoms with Crippen molar-refractivity contribution >= 4 is 11.1 Å². The first-order valence-electron chi connectivity index (χ1n) is 11.6. The van der Waals surface area contributed by atoms with Crippen molar-refractivity contribution in [3.05, 3.63) is 96.8 Å². The quantitative estimate of drug-likeness (QED) is 0.283. The molecule has 1 unspecified atom stereocenters. The molecular formula is C29H27N3O3. The Hall–Kier alpha value is -4.16. The maximum Gasteiger partial charge on any atom is 0.234 e. The zero-order valence-corrected chi connectivity index (χ0v) is 19.8. The summed E-state index contributed by atoms with van der Waals surface area (Å²) in [6.45, 7) is 3.47. The van der Waals surface area contributed by atoms with Crippen molar-refractivity contribution in [2.45, 2.75) is 19.6 Å². The first-order chi connectivity index (χ1) is 17.2. The van der Waals surface area contributed by atoms with Crippen molar-refractivity contribution in [3.8, 4) is 34.1 Å². The lowest BCUT2D eigenvalue weighted by molar-refractivity contribution is 0.211. The van der Waals surface area contributed by atoms with Gasteiger partial charge < -0.3 is 19.2 Å². The Balaban J connectivity index is 1.49. The Labute approximate surface area is 204 Å². The molecular weight excluding hydrogens is 438 g/mol. The van der Waals surface area contributed by atoms with Crippen LogP contribution in [0.15, 0.2) is 95.7 Å². The van der Waals surface area contributed by atoms with Gasteiger partial charge >= 0.3 is 0 Å². The Morgan fingerprint density at radius 2 is 1.57 bits per heavy atom. The Morgan fingerprint density at radius 3 is 2.29 bits per heavy atom. The first-order valence-corrected chi connectivity index (χ1v) is 11.6. The Bertz CT molecular complexity index is 1380. The molecule has 6 heteroatoms. The zero-order valence-electron chi connectivity index (χ0n) is 19.8. The second-order valence-electron chi connectivity index (χ2n) is 8.30. The van der Waals surface area contributed by atoms with Crippen LogP contribution in [0.5, 0.6) is 11.6 Å². The molecule has 0 spiro atoms. The highest BCUT2D eigenvalue weighted by Gasteiger charge is 2.23. The summed E-state index contributed by atoms with van der Waals surface area (Å²) >= 11 is 0. The highest BCUT2D eigenvalue weighted by atomic mass is 16.5. The fourth-order valence-electron chi connectivity index (χ4n) is 4.07. The molecule has 0 bridgehead atoms. The van der Waals surface area contributed by atoms with Gasteiger partial charge in [0, 0.05) is 24.2 Å². The number of benzene rings is 3. The number of ether oxygens (including phenoxy) is 2. The van der Waals surface area contributed by atoms with Gasteiger partial charge in [0.15, 0.2) is 0 Å². The van der Waals surface area contributed by atoms with Gasteiger partial charge in [0.05, 0.1) is 7.11 Å². The van der Waals surface area contributed by atoms with Gasteiger partial charge in [-0.1, -0.05) is 72.8 Å². The number of methoxy groups -OCH3 is 1. The first kappa shape index (κ1) is 22.6. The summed E-state index contributed by atoms with van der Waals surface area (Å²) in [5, 5.41) is 4.21. The van der Waals surface area contributed by atoms with Crippen LogP contribution in [0.3, 0.4) is 0 Å². The SMILES string of the molecule is COc1ccc(-c2c(-c3ccccc3)oc3ncnc(OC(C)CNCc4ccccc4)c23)cc1. The van der Waals surface area contributed by atoms with Gasteiger partial charge in [-0.3, -0.25) is 0 Å². The van der Waals surface area contributed by atoms with E-state index in [2.05, 4.69) is 27.4 Å². The zero-order chi connectivity index (χ0) is 24.0. The van der Waals surface area contributed by atoms with Gasteiger partial charge in [0.2, 0.25) is 11.6 Å². The fraction of sp³-hybridized carbons (Fsp3) is 0.172. The molecule has 1 atom stereocenters. The van der Waals surface area contributed by atoms with Gasteiger partial charge in [-0.15, -0.1) is 0 Å². The highest BCUT2D eigenvalue weighted by molar-refractivity contribution is 6.03. The van der Waals surface area contributed by atoms with Crippen LogP contribution < -0.4 is 14.8 Å². The molecule has 176 valence electrons. The molecule has 0 saturated carbocycles. The van der Waals surface area contributed by atoms with Gasteiger partial charge in [0.25, 0.3) is 0 Å². The number of nitrogens with one attached hydrogen (secondary N) is 1. The van der Waals surface area contributed by atoms with E-state index in [-0.39, 0.29) is 6.10 Å². The molecule has 5 aromatic rings. The van der Waals surface area contributed by atoms with Gasteiger partial charge in [0.1, 0.15) is 29.3 Å². The Morgan fingerprint density at radius 1 is 0.857 bits per heavy atom. The molecule has 1 N–H and O–H groups in total. The molecule has 0 aliphatic heterocycles. The molecule has 5 rings (SSSR count). The molecule has 0 aliphatic rings. The summed E-state index contributed by atoms with van der Waals surface area (Å²) in [4.78, 5) is 8.91. The Kier molecular flexibility index (Phi) is 6.73. The number of fused-ring (bicyclic) bond motifs is 1. The van der Waals surface area contributed by atoms with Crippen molar-refractivity contribution in [1.29, 1.82) is 0 Å². The van der Waals surface area contributed by atoms with Crippen molar-refractivity contribution in [2.75, 3.05) is 13.7 Å². The number of nitrogens with zero attached hydrogens (tertiary/aromatic N) is 2. The summed E-state index contributed by atoms with van der Waals surface area (Å²) in [7, 11) is 1.66. The summed E-state index contributed by atoms with van der Waals surface area (Å²) in [5.74, 6) is 2.01. The van der Waals surface area contributed by atoms with E-state index in [1.165, 1.54) is 11.9 Å². The van der Waals surface area contributed by atoms with E-state index >= 15 is 0 Å². The normalized spacial score (nSPS) is 11.9. The second kappa shape index (κ2) is 10.4. The van der Waals surface area contributed by atoms with Crippen molar-refractivity contribution < 1.29 is 13.9 Å². The number of aromatic nitrogens is 2. The van der Waals surface area contributed by atoms with Gasteiger partial charge in [-0.2, -0.15) is 0 Å². The average molecular weight is 466 g/mol. The lowest BCUT2D eigenvalue weighted by Gasteiger charge is -2.15. The van der Waals surface area contributed by atoms with Crippen molar-refractivity contribution in [2.24, 2.45) is 0 Å². The summed E-state index contributed by atoms with van der Waals surface area (Å²) in [6, 6.07) is 28.2. The van der Waals surface area contributed by atoms with Crippen LogP contribution in [0.4, 0.5) is 0 Å². The van der Waals surface area contributed by atoms with E-state index in [4.69, 9.17) is 13.9 Å². The lowest BCUT2D eigenvalue weighted by Crippen LogP contribution is -2.28. The molecule has 2 heterocycles. The molecule has 0 radical (unpaired) electrons. The predicted molar refractivity (Wildman–Crippen MR) is 137 cm³/mol. The van der Waals surface area contributed by atoms with E-state index in [9.17, 15) is 0 Å². The van der Waals surface area contributed by atoms with E-state index < -0.39 is 0 Å². The third kappa shape index (κ3) is 5.03. The van der Waals surface area contributed by atoms with Crippen LogP contribution >= 0.6 is 0 Å². The van der Waals surface area contributed by atoms with Crippen LogP contribution in [-0.4, -0.2) is 29.7 Å². The predicted octanol–water partition coefficient (Wildman–Crippen LogP) is 6.12. The highest BCUT2D eigenvalue weighted by Crippen LogP contribution is 2.43. The van der Waals surface area contributed by atoms with Crippen LogP contribution in [-0.2, 0) is 6.54 Å². The molecule has 3 aromatic carbocycles. The number of furan rings is 1. The summed E-state index contributed by atoms with van der Waals surface area (Å²) in [5.41, 5.74) is 4.55. The third-order valence-corrected chi connectivity index (χ3v) is 5.78. The minimum atomic E-state index is -0.115. The topological polar surface area (TPSA) is 69.4 Å². The molecule has 0 aliphatic carbocycles. The molecule has 0 saturated heterocycles. The molecule has 0 fully saturated rings. The smallest absolute Gasteiger partial charge is 0.234 e. The molecule has 0 amide bonds. The lowest BCUT2D eigenvalue weighted by atomic mass is 9.99. The van der Waals surface area contributed by atoms with Crippen LogP contribution in [0.2, 0.25) is 0 Å². The molecule has 6 nitrogen and oxygen atoms in total. The second-order valence-corrected chi connectivity index (χ2v) is 8.30. The third-order valence-electron chi connectivity index (χ3n) is 5.78. The average Bonchev–Trinajstić information content (AvgIpc) is 3.31. The van der Waals surface area contributed by atoms with Crippen molar-refractivity contribution in [1.82, 2.24) is 15.3 Å². The summed E-state index contributed by atoms with van der Waals surface area (Å²) in [6.07, 6.45) is 1.37. The largest absolute Gasteiger partial charge is 0.497 e. The van der Waals surface area contributed by atoms with E-state index in [1.807, 2.05) is 79.7 Å². The van der Waals surface area contributed by atoms with Gasteiger partial charge in [-0.25, -0.2) is 9.97 Å². The minimum Gasteiger partial charge on any atom is -0.497 e. The number of hydrogen-bond donors (Lipinski definition) is 1. The maximum atomic E-state index is 6.32. The fourth-order valence-corrected chi connectivity index (χ4v) is 4.07. The monoisotopic (exact) mass is 465 g/mol.